The normalized spacial score (nSPS) is 11.8. The fraction of sp³-hybridized carbons (Fsp3) is 0.333. The minimum absolute atomic E-state index is 0.183. The third-order valence-corrected chi connectivity index (χ3v) is 3.07. The van der Waals surface area contributed by atoms with Gasteiger partial charge in [0.05, 0.1) is 5.60 Å². The third-order valence-electron chi connectivity index (χ3n) is 3.07. The third kappa shape index (κ3) is 4.48. The van der Waals surface area contributed by atoms with E-state index in [2.05, 4.69) is 54.0 Å². The highest BCUT2D eigenvalue weighted by Gasteiger charge is 2.16. The summed E-state index contributed by atoms with van der Waals surface area (Å²) >= 11 is 0. The number of nitrogens with one attached hydrogen (secondary N) is 1. The molecule has 106 valence electrons. The van der Waals surface area contributed by atoms with Gasteiger partial charge >= 0.3 is 0 Å². The lowest BCUT2D eigenvalue weighted by Crippen LogP contribution is -2.32. The largest absolute Gasteiger partial charge is 0.296 e. The highest BCUT2D eigenvalue weighted by atomic mass is 16.7. The van der Waals surface area contributed by atoms with Crippen LogP contribution in [0.5, 0.6) is 0 Å². The van der Waals surface area contributed by atoms with Crippen LogP contribution in [0, 0.1) is 0 Å². The molecule has 2 aromatic rings. The summed E-state index contributed by atoms with van der Waals surface area (Å²) in [5.41, 5.74) is 5.53. The van der Waals surface area contributed by atoms with Gasteiger partial charge in [0, 0.05) is 12.5 Å². The summed E-state index contributed by atoms with van der Waals surface area (Å²) in [6.45, 7) is 6.88. The van der Waals surface area contributed by atoms with Gasteiger partial charge in [0.1, 0.15) is 0 Å². The molecule has 0 bridgehead atoms. The van der Waals surface area contributed by atoms with Crippen molar-refractivity contribution in [1.82, 2.24) is 5.48 Å². The molecule has 1 N–H and O–H groups in total. The van der Waals surface area contributed by atoms with Crippen molar-refractivity contribution in [2.45, 2.75) is 32.3 Å². The second-order valence-corrected chi connectivity index (χ2v) is 5.94. The standard InChI is InChI=1S/C18H23NO/c1-18(2,3)20-19-14-17(15-10-6-4-7-11-15)16-12-8-5-9-13-16/h4-13,17,19H,14H2,1-3H3. The van der Waals surface area contributed by atoms with Crippen molar-refractivity contribution < 1.29 is 4.84 Å². The molecule has 0 aliphatic rings. The summed E-state index contributed by atoms with van der Waals surface area (Å²) in [5.74, 6) is 0.291. The van der Waals surface area contributed by atoms with Gasteiger partial charge in [-0.1, -0.05) is 60.7 Å². The SMILES string of the molecule is CC(C)(C)ONCC(c1ccccc1)c1ccccc1. The van der Waals surface area contributed by atoms with Crippen LogP contribution in [0.3, 0.4) is 0 Å². The Balaban J connectivity index is 2.13. The first-order valence-corrected chi connectivity index (χ1v) is 7.07. The lowest BCUT2D eigenvalue weighted by atomic mass is 9.91. The highest BCUT2D eigenvalue weighted by Crippen LogP contribution is 2.23. The van der Waals surface area contributed by atoms with Crippen molar-refractivity contribution in [3.05, 3.63) is 71.8 Å². The lowest BCUT2D eigenvalue weighted by molar-refractivity contribution is -0.0731. The summed E-state index contributed by atoms with van der Waals surface area (Å²) < 4.78 is 0. The molecule has 0 spiro atoms. The van der Waals surface area contributed by atoms with Gasteiger partial charge in [-0.15, -0.1) is 0 Å². The number of hydrogen-bond donors (Lipinski definition) is 1. The average molecular weight is 269 g/mol. The van der Waals surface area contributed by atoms with Gasteiger partial charge in [-0.25, -0.2) is 5.48 Å². The van der Waals surface area contributed by atoms with Gasteiger partial charge in [-0.2, -0.15) is 0 Å². The monoisotopic (exact) mass is 269 g/mol. The summed E-state index contributed by atoms with van der Waals surface area (Å²) in [6, 6.07) is 21.1. The smallest absolute Gasteiger partial charge is 0.0812 e. The van der Waals surface area contributed by atoms with Crippen molar-refractivity contribution >= 4 is 0 Å². The van der Waals surface area contributed by atoms with E-state index in [1.165, 1.54) is 11.1 Å². The number of hydroxylamine groups is 1. The Morgan fingerprint density at radius 1 is 0.850 bits per heavy atom. The Kier molecular flexibility index (Phi) is 4.94. The van der Waals surface area contributed by atoms with E-state index in [4.69, 9.17) is 4.84 Å². The molecule has 2 heteroatoms. The van der Waals surface area contributed by atoms with E-state index in [9.17, 15) is 0 Å². The molecule has 0 saturated carbocycles. The van der Waals surface area contributed by atoms with Crippen molar-refractivity contribution in [3.8, 4) is 0 Å². The van der Waals surface area contributed by atoms with Gasteiger partial charge in [0.15, 0.2) is 0 Å². The highest BCUT2D eigenvalue weighted by molar-refractivity contribution is 5.32. The van der Waals surface area contributed by atoms with E-state index in [-0.39, 0.29) is 5.60 Å². The Labute approximate surface area is 121 Å². The van der Waals surface area contributed by atoms with Crippen LogP contribution in [0.15, 0.2) is 60.7 Å². The van der Waals surface area contributed by atoms with Gasteiger partial charge < -0.3 is 0 Å². The van der Waals surface area contributed by atoms with Crippen LogP contribution < -0.4 is 5.48 Å². The quantitative estimate of drug-likeness (QED) is 0.824. The van der Waals surface area contributed by atoms with Crippen LogP contribution in [0.4, 0.5) is 0 Å². The molecule has 2 aromatic carbocycles. The molecular formula is C18H23NO. The minimum Gasteiger partial charge on any atom is -0.296 e. The summed E-state index contributed by atoms with van der Waals surface area (Å²) in [7, 11) is 0. The fourth-order valence-electron chi connectivity index (χ4n) is 2.14. The molecule has 0 unspecified atom stereocenters. The molecule has 0 aliphatic carbocycles. The molecule has 0 atom stereocenters. The molecule has 2 rings (SSSR count). The second kappa shape index (κ2) is 6.69. The van der Waals surface area contributed by atoms with E-state index in [0.29, 0.717) is 5.92 Å². The first-order chi connectivity index (χ1) is 9.56. The Hall–Kier alpha value is -1.64. The zero-order valence-electron chi connectivity index (χ0n) is 12.5. The second-order valence-electron chi connectivity index (χ2n) is 5.94. The minimum atomic E-state index is -0.183. The predicted molar refractivity (Wildman–Crippen MR) is 83.6 cm³/mol. The maximum absolute atomic E-state index is 5.65. The molecule has 0 aliphatic heterocycles. The predicted octanol–water partition coefficient (Wildman–Crippen LogP) is 4.14. The topological polar surface area (TPSA) is 21.3 Å². The van der Waals surface area contributed by atoms with Gasteiger partial charge in [0.25, 0.3) is 0 Å². The van der Waals surface area contributed by atoms with Gasteiger partial charge in [-0.05, 0) is 31.9 Å². The van der Waals surface area contributed by atoms with Crippen LogP contribution in [-0.2, 0) is 4.84 Å². The van der Waals surface area contributed by atoms with Crippen LogP contribution >= 0.6 is 0 Å². The van der Waals surface area contributed by atoms with Crippen LogP contribution in [0.25, 0.3) is 0 Å². The van der Waals surface area contributed by atoms with Crippen molar-refractivity contribution in [2.75, 3.05) is 6.54 Å². The number of hydrogen-bond acceptors (Lipinski definition) is 2. The fourth-order valence-corrected chi connectivity index (χ4v) is 2.14. The first kappa shape index (κ1) is 14.8. The van der Waals surface area contributed by atoms with Crippen molar-refractivity contribution in [3.63, 3.8) is 0 Å². The maximum atomic E-state index is 5.65. The maximum Gasteiger partial charge on any atom is 0.0812 e. The molecule has 0 amide bonds. The molecule has 0 aromatic heterocycles. The van der Waals surface area contributed by atoms with E-state index in [0.717, 1.165) is 6.54 Å². The lowest BCUT2D eigenvalue weighted by Gasteiger charge is -2.23. The molecular weight excluding hydrogens is 246 g/mol. The molecule has 2 nitrogen and oxygen atoms in total. The zero-order valence-corrected chi connectivity index (χ0v) is 12.5. The van der Waals surface area contributed by atoms with E-state index < -0.39 is 0 Å². The van der Waals surface area contributed by atoms with Gasteiger partial charge in [0.2, 0.25) is 0 Å². The molecule has 20 heavy (non-hydrogen) atoms. The van der Waals surface area contributed by atoms with E-state index in [1.807, 2.05) is 32.9 Å². The van der Waals surface area contributed by atoms with E-state index in [1.54, 1.807) is 0 Å². The first-order valence-electron chi connectivity index (χ1n) is 7.07. The molecule has 0 radical (unpaired) electrons. The van der Waals surface area contributed by atoms with Crippen LogP contribution in [0.1, 0.15) is 37.8 Å². The Morgan fingerprint density at radius 2 is 1.30 bits per heavy atom. The average Bonchev–Trinajstić information content (AvgIpc) is 2.44. The summed E-state index contributed by atoms with van der Waals surface area (Å²) in [6.07, 6.45) is 0. The van der Waals surface area contributed by atoms with Crippen LogP contribution in [-0.4, -0.2) is 12.1 Å². The summed E-state index contributed by atoms with van der Waals surface area (Å²) in [4.78, 5) is 5.65. The van der Waals surface area contributed by atoms with Crippen molar-refractivity contribution in [1.29, 1.82) is 0 Å². The number of benzene rings is 2. The van der Waals surface area contributed by atoms with Crippen LogP contribution in [0.2, 0.25) is 0 Å². The zero-order chi connectivity index (χ0) is 14.4. The van der Waals surface area contributed by atoms with Crippen molar-refractivity contribution in [2.24, 2.45) is 0 Å². The number of rotatable bonds is 5. The molecule has 0 heterocycles. The summed E-state index contributed by atoms with van der Waals surface area (Å²) in [5, 5.41) is 0. The molecule has 0 fully saturated rings. The van der Waals surface area contributed by atoms with E-state index >= 15 is 0 Å². The van der Waals surface area contributed by atoms with Gasteiger partial charge in [-0.3, -0.25) is 4.84 Å². The molecule has 0 saturated heterocycles. The Morgan fingerprint density at radius 3 is 1.70 bits per heavy atom. The Bertz CT molecular complexity index is 462.